The number of rotatable bonds is 7. The normalized spacial score (nSPS) is 12.4. The van der Waals surface area contributed by atoms with Crippen molar-refractivity contribution >= 4 is 34.9 Å². The molecule has 7 nitrogen and oxygen atoms in total. The fraction of sp³-hybridized carbons (Fsp3) is 0.467. The van der Waals surface area contributed by atoms with Crippen molar-refractivity contribution in [1.82, 2.24) is 19.7 Å². The quantitative estimate of drug-likeness (QED) is 0.752. The topological polar surface area (TPSA) is 94.1 Å². The summed E-state index contributed by atoms with van der Waals surface area (Å²) in [6.45, 7) is 3.94. The standard InChI is InChI=1S/C15H21N5O2S2/c1-9(2)12(14(22)19(3)4)24-15-18-17-13(10-6-5-7-23-10)20(15)8-11(16)21/h5-7,9,12H,8H2,1-4H3,(H2,16,21)/t12-/m0/s1. The van der Waals surface area contributed by atoms with Crippen molar-refractivity contribution in [3.8, 4) is 10.7 Å². The van der Waals surface area contributed by atoms with Gasteiger partial charge >= 0.3 is 0 Å². The molecule has 24 heavy (non-hydrogen) atoms. The molecule has 2 amide bonds. The van der Waals surface area contributed by atoms with Crippen LogP contribution < -0.4 is 5.73 Å². The van der Waals surface area contributed by atoms with Crippen molar-refractivity contribution in [1.29, 1.82) is 0 Å². The smallest absolute Gasteiger partial charge is 0.237 e. The maximum absolute atomic E-state index is 12.4. The van der Waals surface area contributed by atoms with E-state index in [4.69, 9.17) is 5.73 Å². The molecule has 2 aromatic rings. The number of carbonyl (C=O) groups is 2. The van der Waals surface area contributed by atoms with Gasteiger partial charge in [-0.15, -0.1) is 21.5 Å². The van der Waals surface area contributed by atoms with E-state index in [-0.39, 0.29) is 23.6 Å². The Morgan fingerprint density at radius 2 is 2.08 bits per heavy atom. The van der Waals surface area contributed by atoms with Gasteiger partial charge in [0.1, 0.15) is 6.54 Å². The van der Waals surface area contributed by atoms with Crippen LogP contribution in [0.1, 0.15) is 13.8 Å². The Hall–Kier alpha value is -1.87. The van der Waals surface area contributed by atoms with Gasteiger partial charge < -0.3 is 10.6 Å². The Bertz CT molecular complexity index is 710. The number of primary amides is 1. The SMILES string of the molecule is CC(C)[C@H](Sc1nnc(-c2cccs2)n1CC(N)=O)C(=O)N(C)C. The third-order valence-corrected chi connectivity index (χ3v) is 5.67. The van der Waals surface area contributed by atoms with Gasteiger partial charge in [0.2, 0.25) is 11.8 Å². The lowest BCUT2D eigenvalue weighted by Crippen LogP contribution is -2.35. The fourth-order valence-corrected chi connectivity index (χ4v) is 4.00. The molecular formula is C15H21N5O2S2. The van der Waals surface area contributed by atoms with E-state index in [2.05, 4.69) is 10.2 Å². The monoisotopic (exact) mass is 367 g/mol. The first kappa shape index (κ1) is 18.5. The third kappa shape index (κ3) is 4.15. The molecule has 0 unspecified atom stereocenters. The lowest BCUT2D eigenvalue weighted by molar-refractivity contribution is -0.128. The van der Waals surface area contributed by atoms with Crippen LogP contribution in [0, 0.1) is 5.92 Å². The van der Waals surface area contributed by atoms with E-state index < -0.39 is 5.91 Å². The van der Waals surface area contributed by atoms with Gasteiger partial charge in [-0.2, -0.15) is 0 Å². The van der Waals surface area contributed by atoms with Gasteiger partial charge in [0.25, 0.3) is 0 Å². The summed E-state index contributed by atoms with van der Waals surface area (Å²) in [5.41, 5.74) is 5.38. The highest BCUT2D eigenvalue weighted by atomic mass is 32.2. The van der Waals surface area contributed by atoms with Crippen LogP contribution in [-0.2, 0) is 16.1 Å². The van der Waals surface area contributed by atoms with Gasteiger partial charge in [-0.25, -0.2) is 0 Å². The second-order valence-electron chi connectivity index (χ2n) is 5.85. The molecule has 2 N–H and O–H groups in total. The number of aromatic nitrogens is 3. The predicted octanol–water partition coefficient (Wildman–Crippen LogP) is 1.70. The summed E-state index contributed by atoms with van der Waals surface area (Å²) in [5.74, 6) is 0.218. The highest BCUT2D eigenvalue weighted by Gasteiger charge is 2.28. The molecule has 0 aliphatic heterocycles. The van der Waals surface area contributed by atoms with Crippen LogP contribution in [-0.4, -0.2) is 50.8 Å². The molecule has 2 rings (SSSR count). The van der Waals surface area contributed by atoms with Crippen LogP contribution in [0.25, 0.3) is 10.7 Å². The first-order valence-electron chi connectivity index (χ1n) is 7.44. The second kappa shape index (κ2) is 7.80. The number of hydrogen-bond acceptors (Lipinski definition) is 6. The van der Waals surface area contributed by atoms with Crippen molar-refractivity contribution in [3.05, 3.63) is 17.5 Å². The zero-order chi connectivity index (χ0) is 17.9. The molecule has 9 heteroatoms. The molecule has 0 aliphatic carbocycles. The summed E-state index contributed by atoms with van der Waals surface area (Å²) >= 11 is 2.82. The lowest BCUT2D eigenvalue weighted by Gasteiger charge is -2.22. The summed E-state index contributed by atoms with van der Waals surface area (Å²) in [6, 6.07) is 3.81. The number of nitrogens with two attached hydrogens (primary N) is 1. The van der Waals surface area contributed by atoms with Crippen molar-refractivity contribution in [2.45, 2.75) is 30.8 Å². The number of thiophene rings is 1. The summed E-state index contributed by atoms with van der Waals surface area (Å²) < 4.78 is 1.68. The molecule has 0 radical (unpaired) electrons. The van der Waals surface area contributed by atoms with Gasteiger partial charge in [-0.05, 0) is 17.4 Å². The van der Waals surface area contributed by atoms with Crippen molar-refractivity contribution in [2.24, 2.45) is 11.7 Å². The van der Waals surface area contributed by atoms with Gasteiger partial charge in [-0.3, -0.25) is 14.2 Å². The minimum atomic E-state index is -0.477. The van der Waals surface area contributed by atoms with Gasteiger partial charge in [0.15, 0.2) is 11.0 Å². The molecule has 0 bridgehead atoms. The Balaban J connectivity index is 2.38. The van der Waals surface area contributed by atoms with Crippen molar-refractivity contribution < 1.29 is 9.59 Å². The highest BCUT2D eigenvalue weighted by molar-refractivity contribution is 8.00. The number of carbonyl (C=O) groups excluding carboxylic acids is 2. The van der Waals surface area contributed by atoms with Crippen LogP contribution in [0.4, 0.5) is 0 Å². The average molecular weight is 368 g/mol. The van der Waals surface area contributed by atoms with E-state index in [1.54, 1.807) is 23.6 Å². The van der Waals surface area contributed by atoms with Crippen LogP contribution in [0.2, 0.25) is 0 Å². The Labute approximate surface area is 149 Å². The predicted molar refractivity (Wildman–Crippen MR) is 95.7 cm³/mol. The summed E-state index contributed by atoms with van der Waals surface area (Å²) in [5, 5.41) is 10.5. The van der Waals surface area contributed by atoms with Crippen LogP contribution in [0.5, 0.6) is 0 Å². The van der Waals surface area contributed by atoms with E-state index in [0.717, 1.165) is 4.88 Å². The molecule has 0 saturated carbocycles. The minimum Gasteiger partial charge on any atom is -0.368 e. The first-order valence-corrected chi connectivity index (χ1v) is 9.20. The molecule has 0 fully saturated rings. The van der Waals surface area contributed by atoms with Crippen molar-refractivity contribution in [2.75, 3.05) is 14.1 Å². The molecule has 2 heterocycles. The Morgan fingerprint density at radius 3 is 2.58 bits per heavy atom. The molecule has 2 aromatic heterocycles. The van der Waals surface area contributed by atoms with E-state index in [1.165, 1.54) is 23.1 Å². The first-order chi connectivity index (χ1) is 11.3. The molecule has 0 spiro atoms. The zero-order valence-corrected chi connectivity index (χ0v) is 15.7. The van der Waals surface area contributed by atoms with Gasteiger partial charge in [0, 0.05) is 14.1 Å². The summed E-state index contributed by atoms with van der Waals surface area (Å²) in [6.07, 6.45) is 0. The Kier molecular flexibility index (Phi) is 6.00. The molecular weight excluding hydrogens is 346 g/mol. The fourth-order valence-electron chi connectivity index (χ4n) is 2.10. The number of thioether (sulfide) groups is 1. The summed E-state index contributed by atoms with van der Waals surface area (Å²) in [4.78, 5) is 26.3. The van der Waals surface area contributed by atoms with Gasteiger partial charge in [-0.1, -0.05) is 31.7 Å². The number of nitrogens with zero attached hydrogens (tertiary/aromatic N) is 4. The third-order valence-electron chi connectivity index (χ3n) is 3.29. The van der Waals surface area contributed by atoms with E-state index >= 15 is 0 Å². The molecule has 0 saturated heterocycles. The summed E-state index contributed by atoms with van der Waals surface area (Å²) in [7, 11) is 3.45. The molecule has 0 aromatic carbocycles. The van der Waals surface area contributed by atoms with E-state index in [1.807, 2.05) is 31.4 Å². The number of hydrogen-bond donors (Lipinski definition) is 1. The van der Waals surface area contributed by atoms with Crippen LogP contribution in [0.3, 0.4) is 0 Å². The largest absolute Gasteiger partial charge is 0.368 e. The van der Waals surface area contributed by atoms with Gasteiger partial charge in [0.05, 0.1) is 10.1 Å². The maximum atomic E-state index is 12.4. The average Bonchev–Trinajstić information content (AvgIpc) is 3.13. The zero-order valence-electron chi connectivity index (χ0n) is 14.1. The number of amides is 2. The maximum Gasteiger partial charge on any atom is 0.237 e. The second-order valence-corrected chi connectivity index (χ2v) is 7.91. The Morgan fingerprint density at radius 1 is 1.38 bits per heavy atom. The van der Waals surface area contributed by atoms with E-state index in [0.29, 0.717) is 11.0 Å². The molecule has 1 atom stereocenters. The van der Waals surface area contributed by atoms with Crippen LogP contribution in [0.15, 0.2) is 22.7 Å². The molecule has 0 aliphatic rings. The van der Waals surface area contributed by atoms with Crippen molar-refractivity contribution in [3.63, 3.8) is 0 Å². The lowest BCUT2D eigenvalue weighted by atomic mass is 10.1. The van der Waals surface area contributed by atoms with Crippen LogP contribution >= 0.6 is 23.1 Å². The highest BCUT2D eigenvalue weighted by Crippen LogP contribution is 2.32. The molecule has 130 valence electrons. The van der Waals surface area contributed by atoms with E-state index in [9.17, 15) is 9.59 Å². The minimum absolute atomic E-state index is 0.00120.